The van der Waals surface area contributed by atoms with Gasteiger partial charge < -0.3 is 10.1 Å². The molecule has 0 aromatic carbocycles. The Morgan fingerprint density at radius 1 is 1.17 bits per heavy atom. The molecule has 3 rings (SSSR count). The summed E-state index contributed by atoms with van der Waals surface area (Å²) in [5.74, 6) is 1.02. The van der Waals surface area contributed by atoms with Crippen molar-refractivity contribution in [2.24, 2.45) is 11.3 Å². The van der Waals surface area contributed by atoms with Gasteiger partial charge in [0, 0.05) is 31.2 Å². The second-order valence-corrected chi connectivity index (χ2v) is 4.67. The lowest BCUT2D eigenvalue weighted by Gasteiger charge is -2.53. The molecule has 2 aliphatic heterocycles. The van der Waals surface area contributed by atoms with Gasteiger partial charge in [-0.2, -0.15) is 0 Å². The fraction of sp³-hybridized carbons (Fsp3) is 1.00. The normalized spacial score (nSPS) is 39.5. The van der Waals surface area contributed by atoms with E-state index in [2.05, 4.69) is 5.32 Å². The van der Waals surface area contributed by atoms with Gasteiger partial charge in [-0.1, -0.05) is 0 Å². The maximum atomic E-state index is 5.42. The van der Waals surface area contributed by atoms with Gasteiger partial charge in [0.05, 0.1) is 0 Å². The lowest BCUT2D eigenvalue weighted by Crippen LogP contribution is -2.65. The number of hydrogen-bond donors (Lipinski definition) is 1. The molecular formula is C10H17NO. The molecule has 2 nitrogen and oxygen atoms in total. The van der Waals surface area contributed by atoms with Crippen LogP contribution in [0, 0.1) is 11.3 Å². The Morgan fingerprint density at radius 2 is 1.92 bits per heavy atom. The van der Waals surface area contributed by atoms with E-state index < -0.39 is 0 Å². The molecule has 68 valence electrons. The van der Waals surface area contributed by atoms with E-state index in [-0.39, 0.29) is 0 Å². The summed E-state index contributed by atoms with van der Waals surface area (Å²) in [6.07, 6.45) is 5.56. The van der Waals surface area contributed by atoms with Gasteiger partial charge in [0.1, 0.15) is 0 Å². The maximum Gasteiger partial charge on any atom is 0.0472 e. The Hall–Kier alpha value is -0.0800. The molecule has 2 saturated heterocycles. The van der Waals surface area contributed by atoms with E-state index in [0.29, 0.717) is 5.41 Å². The monoisotopic (exact) mass is 167 g/mol. The fourth-order valence-electron chi connectivity index (χ4n) is 2.87. The van der Waals surface area contributed by atoms with Crippen LogP contribution in [0.25, 0.3) is 0 Å². The zero-order valence-corrected chi connectivity index (χ0v) is 7.51. The Kier molecular flexibility index (Phi) is 1.50. The van der Waals surface area contributed by atoms with E-state index in [1.807, 2.05) is 0 Å². The number of ether oxygens (including phenoxy) is 1. The van der Waals surface area contributed by atoms with Crippen molar-refractivity contribution in [2.45, 2.75) is 31.7 Å². The summed E-state index contributed by atoms with van der Waals surface area (Å²) < 4.78 is 5.42. The van der Waals surface area contributed by atoms with Crippen molar-refractivity contribution in [2.75, 3.05) is 19.8 Å². The molecule has 2 heteroatoms. The van der Waals surface area contributed by atoms with Crippen molar-refractivity contribution in [3.8, 4) is 0 Å². The molecule has 1 spiro atoms. The molecule has 3 aliphatic rings. The standard InChI is InChI=1S/C10H17NO/c1-2-8(1)9-10(7-11-9)3-5-12-6-4-10/h8-9,11H,1-7H2/t9-/m1/s1. The third kappa shape index (κ3) is 0.944. The van der Waals surface area contributed by atoms with Crippen LogP contribution in [0.15, 0.2) is 0 Å². The second-order valence-electron chi connectivity index (χ2n) is 4.67. The predicted octanol–water partition coefficient (Wildman–Crippen LogP) is 1.17. The molecule has 1 atom stereocenters. The first kappa shape index (κ1) is 7.34. The summed E-state index contributed by atoms with van der Waals surface area (Å²) in [6, 6.07) is 0.862. The van der Waals surface area contributed by atoms with E-state index in [1.165, 1.54) is 32.2 Å². The number of nitrogens with one attached hydrogen (secondary N) is 1. The summed E-state index contributed by atoms with van der Waals surface area (Å²) in [5, 5.41) is 3.61. The van der Waals surface area contributed by atoms with Crippen LogP contribution in [-0.2, 0) is 4.74 Å². The third-order valence-electron chi connectivity index (χ3n) is 3.92. The molecular weight excluding hydrogens is 150 g/mol. The van der Waals surface area contributed by atoms with Crippen LogP contribution in [0.1, 0.15) is 25.7 Å². The number of hydrogen-bond acceptors (Lipinski definition) is 2. The van der Waals surface area contributed by atoms with E-state index in [0.717, 1.165) is 25.2 Å². The fourth-order valence-corrected chi connectivity index (χ4v) is 2.87. The molecule has 12 heavy (non-hydrogen) atoms. The molecule has 0 aromatic heterocycles. The van der Waals surface area contributed by atoms with Gasteiger partial charge in [0.15, 0.2) is 0 Å². The van der Waals surface area contributed by atoms with Crippen molar-refractivity contribution in [1.29, 1.82) is 0 Å². The minimum atomic E-state index is 0.666. The van der Waals surface area contributed by atoms with Crippen molar-refractivity contribution < 1.29 is 4.74 Å². The topological polar surface area (TPSA) is 21.3 Å². The van der Waals surface area contributed by atoms with Crippen LogP contribution in [0.4, 0.5) is 0 Å². The molecule has 0 aromatic rings. The van der Waals surface area contributed by atoms with Gasteiger partial charge in [0.25, 0.3) is 0 Å². The highest BCUT2D eigenvalue weighted by atomic mass is 16.5. The summed E-state index contributed by atoms with van der Waals surface area (Å²) in [4.78, 5) is 0. The lowest BCUT2D eigenvalue weighted by molar-refractivity contribution is -0.0529. The molecule has 1 saturated carbocycles. The Labute approximate surface area is 73.7 Å². The average molecular weight is 167 g/mol. The molecule has 3 fully saturated rings. The smallest absolute Gasteiger partial charge is 0.0472 e. The van der Waals surface area contributed by atoms with Crippen LogP contribution in [0.3, 0.4) is 0 Å². The van der Waals surface area contributed by atoms with Crippen LogP contribution in [-0.4, -0.2) is 25.8 Å². The molecule has 0 unspecified atom stereocenters. The first-order chi connectivity index (χ1) is 5.91. The second kappa shape index (κ2) is 2.46. The van der Waals surface area contributed by atoms with E-state index in [1.54, 1.807) is 0 Å². The van der Waals surface area contributed by atoms with Crippen LogP contribution >= 0.6 is 0 Å². The number of rotatable bonds is 1. The van der Waals surface area contributed by atoms with Gasteiger partial charge in [-0.25, -0.2) is 0 Å². The minimum absolute atomic E-state index is 0.666. The highest BCUT2D eigenvalue weighted by molar-refractivity contribution is 5.08. The SMILES string of the molecule is C1CC2(CCO1)CN[C@@H]2C1CC1. The van der Waals surface area contributed by atoms with Crippen molar-refractivity contribution in [1.82, 2.24) is 5.32 Å². The molecule has 0 bridgehead atoms. The first-order valence-corrected chi connectivity index (χ1v) is 5.22. The van der Waals surface area contributed by atoms with Gasteiger partial charge in [-0.15, -0.1) is 0 Å². The summed E-state index contributed by atoms with van der Waals surface area (Å²) in [5.41, 5.74) is 0.666. The van der Waals surface area contributed by atoms with E-state index in [9.17, 15) is 0 Å². The molecule has 1 aliphatic carbocycles. The highest BCUT2D eigenvalue weighted by Crippen LogP contribution is 2.49. The van der Waals surface area contributed by atoms with Gasteiger partial charge >= 0.3 is 0 Å². The summed E-state index contributed by atoms with van der Waals surface area (Å²) in [6.45, 7) is 3.27. The van der Waals surface area contributed by atoms with Crippen LogP contribution in [0.2, 0.25) is 0 Å². The molecule has 0 radical (unpaired) electrons. The quantitative estimate of drug-likeness (QED) is 0.633. The van der Waals surface area contributed by atoms with E-state index in [4.69, 9.17) is 4.74 Å². The largest absolute Gasteiger partial charge is 0.381 e. The van der Waals surface area contributed by atoms with Crippen molar-refractivity contribution in [3.05, 3.63) is 0 Å². The summed E-state index contributed by atoms with van der Waals surface area (Å²) >= 11 is 0. The third-order valence-corrected chi connectivity index (χ3v) is 3.92. The first-order valence-electron chi connectivity index (χ1n) is 5.22. The van der Waals surface area contributed by atoms with Crippen LogP contribution < -0.4 is 5.32 Å². The Bertz CT molecular complexity index is 182. The Morgan fingerprint density at radius 3 is 2.42 bits per heavy atom. The van der Waals surface area contributed by atoms with Gasteiger partial charge in [-0.3, -0.25) is 0 Å². The molecule has 0 amide bonds. The maximum absolute atomic E-state index is 5.42. The Balaban J connectivity index is 1.71. The van der Waals surface area contributed by atoms with Crippen molar-refractivity contribution >= 4 is 0 Å². The van der Waals surface area contributed by atoms with Crippen LogP contribution in [0.5, 0.6) is 0 Å². The zero-order chi connectivity index (χ0) is 8.02. The molecule has 2 heterocycles. The van der Waals surface area contributed by atoms with E-state index >= 15 is 0 Å². The van der Waals surface area contributed by atoms with Gasteiger partial charge in [-0.05, 0) is 31.6 Å². The zero-order valence-electron chi connectivity index (χ0n) is 7.51. The predicted molar refractivity (Wildman–Crippen MR) is 47.0 cm³/mol. The summed E-state index contributed by atoms with van der Waals surface area (Å²) in [7, 11) is 0. The minimum Gasteiger partial charge on any atom is -0.381 e. The average Bonchev–Trinajstić information content (AvgIpc) is 2.88. The highest BCUT2D eigenvalue weighted by Gasteiger charge is 2.52. The lowest BCUT2D eigenvalue weighted by atomic mass is 9.66. The molecule has 1 N–H and O–H groups in total. The van der Waals surface area contributed by atoms with Crippen molar-refractivity contribution in [3.63, 3.8) is 0 Å². The van der Waals surface area contributed by atoms with Gasteiger partial charge in [0.2, 0.25) is 0 Å².